The fraction of sp³-hybridized carbons (Fsp3) is 1.00. The van der Waals surface area contributed by atoms with Gasteiger partial charge in [-0.25, -0.2) is 12.7 Å². The van der Waals surface area contributed by atoms with Crippen LogP contribution in [0.2, 0.25) is 0 Å². The number of hydrogen-bond donors (Lipinski definition) is 1. The topological polar surface area (TPSA) is 52.7 Å². The summed E-state index contributed by atoms with van der Waals surface area (Å²) in [6.07, 6.45) is 1.93. The van der Waals surface area contributed by atoms with Gasteiger partial charge in [0.2, 0.25) is 10.0 Å². The van der Waals surface area contributed by atoms with Gasteiger partial charge in [0.1, 0.15) is 0 Å². The van der Waals surface area contributed by atoms with Crippen LogP contribution < -0.4 is 5.32 Å². The average molecular weight is 277 g/mol. The first-order chi connectivity index (χ1) is 8.47. The van der Waals surface area contributed by atoms with Gasteiger partial charge in [0.15, 0.2) is 0 Å². The third-order valence-electron chi connectivity index (χ3n) is 3.64. The van der Waals surface area contributed by atoms with Crippen LogP contribution in [0.15, 0.2) is 0 Å². The van der Waals surface area contributed by atoms with Crippen LogP contribution >= 0.6 is 0 Å². The van der Waals surface area contributed by atoms with Crippen LogP contribution in [0.4, 0.5) is 0 Å². The van der Waals surface area contributed by atoms with Crippen molar-refractivity contribution in [1.82, 2.24) is 14.5 Å². The molecule has 1 saturated heterocycles. The third-order valence-corrected chi connectivity index (χ3v) is 5.58. The number of hydrogen-bond acceptors (Lipinski definition) is 4. The number of piperazine rings is 1. The van der Waals surface area contributed by atoms with Crippen LogP contribution in [0.5, 0.6) is 0 Å². The summed E-state index contributed by atoms with van der Waals surface area (Å²) in [5.41, 5.74) is 0. The van der Waals surface area contributed by atoms with E-state index in [0.717, 1.165) is 39.0 Å². The Morgan fingerprint density at radius 1 is 1.33 bits per heavy atom. The van der Waals surface area contributed by atoms with E-state index in [-0.39, 0.29) is 11.8 Å². The van der Waals surface area contributed by atoms with Gasteiger partial charge in [0.25, 0.3) is 0 Å². The Hall–Kier alpha value is -0.170. The van der Waals surface area contributed by atoms with Gasteiger partial charge in [0.05, 0.1) is 5.75 Å². The van der Waals surface area contributed by atoms with Crippen LogP contribution in [0, 0.1) is 0 Å². The minimum atomic E-state index is -3.11. The number of nitrogens with one attached hydrogen (secondary N) is 1. The minimum absolute atomic E-state index is 0.100. The molecule has 0 aromatic rings. The van der Waals surface area contributed by atoms with Gasteiger partial charge < -0.3 is 5.32 Å². The smallest absolute Gasteiger partial charge is 0.215 e. The lowest BCUT2D eigenvalue weighted by molar-refractivity contribution is 0.252. The van der Waals surface area contributed by atoms with Gasteiger partial charge in [-0.2, -0.15) is 0 Å². The Kier molecular flexibility index (Phi) is 6.55. The SMILES string of the molecule is CCCC(C)N(C)S(=O)(=O)CCN1CCNCC1. The first-order valence-electron chi connectivity index (χ1n) is 6.86. The molecule has 0 aromatic heterocycles. The highest BCUT2D eigenvalue weighted by molar-refractivity contribution is 7.89. The average Bonchev–Trinajstić information content (AvgIpc) is 2.37. The molecule has 1 rings (SSSR count). The molecule has 1 aliphatic heterocycles. The summed E-state index contributed by atoms with van der Waals surface area (Å²) in [7, 11) is -1.41. The van der Waals surface area contributed by atoms with Gasteiger partial charge in [-0.3, -0.25) is 4.90 Å². The molecule has 6 heteroatoms. The molecule has 0 saturated carbocycles. The monoisotopic (exact) mass is 277 g/mol. The Morgan fingerprint density at radius 3 is 2.50 bits per heavy atom. The first-order valence-corrected chi connectivity index (χ1v) is 8.47. The molecule has 0 bridgehead atoms. The molecule has 1 unspecified atom stereocenters. The Balaban J connectivity index is 2.42. The maximum atomic E-state index is 12.2. The lowest BCUT2D eigenvalue weighted by Gasteiger charge is -2.29. The van der Waals surface area contributed by atoms with Gasteiger partial charge in [0, 0.05) is 45.8 Å². The van der Waals surface area contributed by atoms with E-state index in [1.807, 2.05) is 6.92 Å². The largest absolute Gasteiger partial charge is 0.314 e. The fourth-order valence-corrected chi connectivity index (χ4v) is 3.63. The van der Waals surface area contributed by atoms with Crippen molar-refractivity contribution in [3.05, 3.63) is 0 Å². The van der Waals surface area contributed by atoms with E-state index >= 15 is 0 Å². The van der Waals surface area contributed by atoms with Crippen molar-refractivity contribution in [2.75, 3.05) is 45.5 Å². The van der Waals surface area contributed by atoms with Crippen molar-refractivity contribution < 1.29 is 8.42 Å². The number of sulfonamides is 1. The Labute approximate surface area is 112 Å². The van der Waals surface area contributed by atoms with Crippen molar-refractivity contribution in [3.63, 3.8) is 0 Å². The molecule has 0 radical (unpaired) electrons. The first kappa shape index (κ1) is 15.9. The van der Waals surface area contributed by atoms with Crippen LogP contribution in [0.3, 0.4) is 0 Å². The van der Waals surface area contributed by atoms with E-state index in [1.54, 1.807) is 11.4 Å². The van der Waals surface area contributed by atoms with Crippen LogP contribution in [0.1, 0.15) is 26.7 Å². The van der Waals surface area contributed by atoms with Crippen molar-refractivity contribution >= 4 is 10.0 Å². The van der Waals surface area contributed by atoms with Gasteiger partial charge in [-0.15, -0.1) is 0 Å². The molecule has 1 heterocycles. The molecule has 5 nitrogen and oxygen atoms in total. The van der Waals surface area contributed by atoms with E-state index in [2.05, 4.69) is 17.1 Å². The normalized spacial score (nSPS) is 20.2. The number of rotatable bonds is 7. The summed E-state index contributed by atoms with van der Waals surface area (Å²) in [5.74, 6) is 0.234. The second-order valence-electron chi connectivity index (χ2n) is 5.06. The van der Waals surface area contributed by atoms with Crippen molar-refractivity contribution in [3.8, 4) is 0 Å². The van der Waals surface area contributed by atoms with E-state index < -0.39 is 10.0 Å². The van der Waals surface area contributed by atoms with Gasteiger partial charge in [-0.05, 0) is 13.3 Å². The lowest BCUT2D eigenvalue weighted by atomic mass is 10.2. The molecule has 1 fully saturated rings. The summed E-state index contributed by atoms with van der Waals surface area (Å²) in [5, 5.41) is 3.27. The summed E-state index contributed by atoms with van der Waals surface area (Å²) < 4.78 is 25.9. The van der Waals surface area contributed by atoms with E-state index in [9.17, 15) is 8.42 Å². The molecule has 0 aliphatic carbocycles. The molecule has 108 valence electrons. The molecule has 18 heavy (non-hydrogen) atoms. The summed E-state index contributed by atoms with van der Waals surface area (Å²) in [6, 6.07) is 0.100. The van der Waals surface area contributed by atoms with Crippen LogP contribution in [0.25, 0.3) is 0 Å². The zero-order valence-electron chi connectivity index (χ0n) is 11.9. The molecule has 1 atom stereocenters. The highest BCUT2D eigenvalue weighted by Gasteiger charge is 2.23. The van der Waals surface area contributed by atoms with E-state index in [0.29, 0.717) is 6.54 Å². The van der Waals surface area contributed by atoms with Crippen molar-refractivity contribution in [2.24, 2.45) is 0 Å². The number of nitrogens with zero attached hydrogens (tertiary/aromatic N) is 2. The fourth-order valence-electron chi connectivity index (χ4n) is 2.20. The maximum Gasteiger partial charge on any atom is 0.215 e. The van der Waals surface area contributed by atoms with Crippen molar-refractivity contribution in [2.45, 2.75) is 32.7 Å². The van der Waals surface area contributed by atoms with E-state index in [4.69, 9.17) is 0 Å². The summed E-state index contributed by atoms with van der Waals surface area (Å²) >= 11 is 0. The zero-order valence-corrected chi connectivity index (χ0v) is 12.7. The Bertz CT molecular complexity index is 326. The predicted molar refractivity (Wildman–Crippen MR) is 75.2 cm³/mol. The molecule has 1 aliphatic rings. The summed E-state index contributed by atoms with van der Waals surface area (Å²) in [6.45, 7) is 8.52. The maximum absolute atomic E-state index is 12.2. The van der Waals surface area contributed by atoms with Crippen LogP contribution in [-0.2, 0) is 10.0 Å². The van der Waals surface area contributed by atoms with Gasteiger partial charge >= 0.3 is 0 Å². The van der Waals surface area contributed by atoms with Crippen molar-refractivity contribution in [1.29, 1.82) is 0 Å². The highest BCUT2D eigenvalue weighted by atomic mass is 32.2. The standard InChI is InChI=1S/C12H27N3O2S/c1-4-5-12(2)14(3)18(16,17)11-10-15-8-6-13-7-9-15/h12-13H,4-11H2,1-3H3. The molecular weight excluding hydrogens is 250 g/mol. The minimum Gasteiger partial charge on any atom is -0.314 e. The Morgan fingerprint density at radius 2 is 1.94 bits per heavy atom. The second kappa shape index (κ2) is 7.43. The molecular formula is C12H27N3O2S. The third kappa shape index (κ3) is 4.84. The highest BCUT2D eigenvalue weighted by Crippen LogP contribution is 2.10. The molecule has 0 spiro atoms. The van der Waals surface area contributed by atoms with Crippen LogP contribution in [-0.4, -0.2) is 69.2 Å². The second-order valence-corrected chi connectivity index (χ2v) is 7.21. The quantitative estimate of drug-likeness (QED) is 0.729. The molecule has 1 N–H and O–H groups in total. The van der Waals surface area contributed by atoms with Gasteiger partial charge in [-0.1, -0.05) is 13.3 Å². The molecule has 0 amide bonds. The zero-order chi connectivity index (χ0) is 13.6. The lowest BCUT2D eigenvalue weighted by Crippen LogP contribution is -2.46. The summed E-state index contributed by atoms with van der Waals surface area (Å²) in [4.78, 5) is 2.21. The molecule has 0 aromatic carbocycles. The predicted octanol–water partition coefficient (Wildman–Crippen LogP) is 0.342. The van der Waals surface area contributed by atoms with E-state index in [1.165, 1.54) is 0 Å².